The fourth-order valence-corrected chi connectivity index (χ4v) is 3.13. The molecule has 2 aromatic rings. The van der Waals surface area contributed by atoms with Crippen molar-refractivity contribution in [2.45, 2.75) is 51.0 Å². The molecular formula is C21H23F2N5O3. The first kappa shape index (κ1) is 21.1. The van der Waals surface area contributed by atoms with Gasteiger partial charge in [0.15, 0.2) is 6.61 Å². The van der Waals surface area contributed by atoms with Gasteiger partial charge in [-0.2, -0.15) is 0 Å². The molecule has 2 heterocycles. The fourth-order valence-electron chi connectivity index (χ4n) is 3.13. The van der Waals surface area contributed by atoms with Gasteiger partial charge in [0.05, 0.1) is 6.04 Å². The van der Waals surface area contributed by atoms with Gasteiger partial charge in [-0.15, -0.1) is 0 Å². The number of rotatable bonds is 9. The summed E-state index contributed by atoms with van der Waals surface area (Å²) < 4.78 is 30.1. The largest absolute Gasteiger partial charge is 0.471 e. The van der Waals surface area contributed by atoms with Crippen molar-refractivity contribution >= 4 is 17.8 Å². The number of alkyl halides is 2. The number of halogens is 2. The molecular weight excluding hydrogens is 408 g/mol. The maximum Gasteiger partial charge on any atom is 0.272 e. The molecule has 2 aliphatic rings. The minimum absolute atomic E-state index is 0.00177. The number of nitrogens with one attached hydrogen (secondary N) is 2. The van der Waals surface area contributed by atoms with E-state index in [9.17, 15) is 18.4 Å². The van der Waals surface area contributed by atoms with Gasteiger partial charge in [0.2, 0.25) is 17.7 Å². The summed E-state index contributed by atoms with van der Waals surface area (Å²) >= 11 is 0. The third kappa shape index (κ3) is 5.50. The summed E-state index contributed by atoms with van der Waals surface area (Å²) in [4.78, 5) is 36.8. The van der Waals surface area contributed by atoms with Crippen molar-refractivity contribution in [2.24, 2.45) is 5.92 Å². The molecule has 0 spiro atoms. The van der Waals surface area contributed by atoms with Crippen LogP contribution in [0.5, 0.6) is 5.88 Å². The highest BCUT2D eigenvalue weighted by atomic mass is 19.3. The average molecular weight is 431 g/mol. The minimum Gasteiger partial charge on any atom is -0.471 e. The van der Waals surface area contributed by atoms with Crippen LogP contribution in [0, 0.1) is 5.92 Å². The fraction of sp³-hybridized carbons (Fsp3) is 0.476. The van der Waals surface area contributed by atoms with Gasteiger partial charge in [0.1, 0.15) is 5.69 Å². The van der Waals surface area contributed by atoms with Crippen molar-refractivity contribution in [3.63, 3.8) is 0 Å². The van der Waals surface area contributed by atoms with Gasteiger partial charge in [-0.05, 0) is 56.2 Å². The van der Waals surface area contributed by atoms with Crippen LogP contribution in [0.25, 0.3) is 0 Å². The summed E-state index contributed by atoms with van der Waals surface area (Å²) in [5.41, 5.74) is 1.64. The van der Waals surface area contributed by atoms with E-state index in [-0.39, 0.29) is 35.3 Å². The summed E-state index contributed by atoms with van der Waals surface area (Å²) in [7, 11) is 0. The zero-order chi connectivity index (χ0) is 22.0. The number of anilines is 1. The molecule has 0 aromatic carbocycles. The molecule has 2 saturated carbocycles. The van der Waals surface area contributed by atoms with Gasteiger partial charge in [0.25, 0.3) is 12.3 Å². The maximum absolute atomic E-state index is 12.6. The number of ether oxygens (including phenoxy) is 1. The summed E-state index contributed by atoms with van der Waals surface area (Å²) in [5.74, 6) is -0.0154. The van der Waals surface area contributed by atoms with E-state index in [0.29, 0.717) is 0 Å². The van der Waals surface area contributed by atoms with E-state index >= 15 is 0 Å². The van der Waals surface area contributed by atoms with Crippen LogP contribution < -0.4 is 15.4 Å². The topological polar surface area (TPSA) is 106 Å². The second kappa shape index (κ2) is 8.91. The second-order valence-corrected chi connectivity index (χ2v) is 7.86. The van der Waals surface area contributed by atoms with Crippen LogP contribution >= 0.6 is 0 Å². The first-order chi connectivity index (χ1) is 14.9. The second-order valence-electron chi connectivity index (χ2n) is 7.86. The van der Waals surface area contributed by atoms with E-state index in [0.717, 1.165) is 36.8 Å². The lowest BCUT2D eigenvalue weighted by Gasteiger charge is -2.17. The van der Waals surface area contributed by atoms with Crippen LogP contribution in [0.1, 0.15) is 66.2 Å². The van der Waals surface area contributed by atoms with Crippen LogP contribution in [0.4, 0.5) is 14.7 Å². The lowest BCUT2D eigenvalue weighted by molar-refractivity contribution is -0.117. The molecule has 4 rings (SSSR count). The quantitative estimate of drug-likeness (QED) is 0.631. The van der Waals surface area contributed by atoms with Crippen LogP contribution in [-0.4, -0.2) is 39.8 Å². The smallest absolute Gasteiger partial charge is 0.272 e. The molecule has 1 atom stereocenters. The third-order valence-electron chi connectivity index (χ3n) is 5.18. The van der Waals surface area contributed by atoms with Gasteiger partial charge in [0, 0.05) is 23.9 Å². The predicted octanol–water partition coefficient (Wildman–Crippen LogP) is 3.23. The Kier molecular flexibility index (Phi) is 6.06. The van der Waals surface area contributed by atoms with Crippen molar-refractivity contribution in [3.8, 4) is 5.88 Å². The SMILES string of the molecule is CC(NC(=O)c1ccnc(NC(=O)C2CC2)n1)c1cnc(OCC(F)F)c(C2CC2)c1. The zero-order valence-corrected chi connectivity index (χ0v) is 17.0. The number of hydrogen-bond donors (Lipinski definition) is 2. The molecule has 0 aliphatic heterocycles. The van der Waals surface area contributed by atoms with Crippen LogP contribution in [0.15, 0.2) is 24.5 Å². The van der Waals surface area contributed by atoms with Gasteiger partial charge >= 0.3 is 0 Å². The monoisotopic (exact) mass is 431 g/mol. The summed E-state index contributed by atoms with van der Waals surface area (Å²) in [6.07, 6.45) is 3.97. The van der Waals surface area contributed by atoms with Crippen molar-refractivity contribution in [3.05, 3.63) is 41.3 Å². The number of nitrogens with zero attached hydrogens (tertiary/aromatic N) is 3. The molecule has 2 N–H and O–H groups in total. The molecule has 2 aliphatic carbocycles. The molecule has 2 aromatic heterocycles. The Bertz CT molecular complexity index is 979. The highest BCUT2D eigenvalue weighted by Gasteiger charge is 2.31. The molecule has 2 fully saturated rings. The Morgan fingerprint density at radius 1 is 1.23 bits per heavy atom. The number of aromatic nitrogens is 3. The van der Waals surface area contributed by atoms with Crippen molar-refractivity contribution in [1.29, 1.82) is 0 Å². The summed E-state index contributed by atoms with van der Waals surface area (Å²) in [6, 6.07) is 2.91. The van der Waals surface area contributed by atoms with Gasteiger partial charge in [-0.3, -0.25) is 14.9 Å². The van der Waals surface area contributed by atoms with Crippen molar-refractivity contribution in [2.75, 3.05) is 11.9 Å². The van der Waals surface area contributed by atoms with E-state index in [2.05, 4.69) is 25.6 Å². The van der Waals surface area contributed by atoms with E-state index in [1.165, 1.54) is 18.5 Å². The lowest BCUT2D eigenvalue weighted by Crippen LogP contribution is -2.28. The highest BCUT2D eigenvalue weighted by Crippen LogP contribution is 2.44. The summed E-state index contributed by atoms with van der Waals surface area (Å²) in [5, 5.41) is 5.46. The van der Waals surface area contributed by atoms with Gasteiger partial charge < -0.3 is 10.1 Å². The first-order valence-electron chi connectivity index (χ1n) is 10.3. The zero-order valence-electron chi connectivity index (χ0n) is 17.0. The lowest BCUT2D eigenvalue weighted by atomic mass is 10.1. The van der Waals surface area contributed by atoms with Crippen molar-refractivity contribution < 1.29 is 23.1 Å². The number of hydrogen-bond acceptors (Lipinski definition) is 6. The van der Waals surface area contributed by atoms with Crippen LogP contribution in [0.3, 0.4) is 0 Å². The molecule has 2 amide bonds. The van der Waals surface area contributed by atoms with Gasteiger partial charge in [-0.25, -0.2) is 23.7 Å². The molecule has 0 radical (unpaired) electrons. The van der Waals surface area contributed by atoms with Crippen molar-refractivity contribution in [1.82, 2.24) is 20.3 Å². The Morgan fingerprint density at radius 3 is 2.68 bits per heavy atom. The Hall–Kier alpha value is -3.17. The molecule has 0 saturated heterocycles. The summed E-state index contributed by atoms with van der Waals surface area (Å²) in [6.45, 7) is 1.09. The number of amides is 2. The Balaban J connectivity index is 1.42. The molecule has 10 heteroatoms. The average Bonchev–Trinajstić information content (AvgIpc) is 3.64. The van der Waals surface area contributed by atoms with Crippen LogP contribution in [-0.2, 0) is 4.79 Å². The van der Waals surface area contributed by atoms with Crippen LogP contribution in [0.2, 0.25) is 0 Å². The first-order valence-corrected chi connectivity index (χ1v) is 10.3. The number of carbonyl (C=O) groups excluding carboxylic acids is 2. The molecule has 0 bridgehead atoms. The maximum atomic E-state index is 12.6. The van der Waals surface area contributed by atoms with E-state index < -0.39 is 25.0 Å². The molecule has 164 valence electrons. The molecule has 31 heavy (non-hydrogen) atoms. The van der Waals surface area contributed by atoms with E-state index in [1.807, 2.05) is 6.07 Å². The van der Waals surface area contributed by atoms with E-state index in [4.69, 9.17) is 4.74 Å². The third-order valence-corrected chi connectivity index (χ3v) is 5.18. The highest BCUT2D eigenvalue weighted by molar-refractivity contribution is 5.95. The number of carbonyl (C=O) groups is 2. The Morgan fingerprint density at radius 2 is 2.00 bits per heavy atom. The van der Waals surface area contributed by atoms with Gasteiger partial charge in [-0.1, -0.05) is 0 Å². The molecule has 1 unspecified atom stereocenters. The minimum atomic E-state index is -2.57. The van der Waals surface area contributed by atoms with E-state index in [1.54, 1.807) is 6.92 Å². The Labute approximate surface area is 177 Å². The molecule has 8 nitrogen and oxygen atoms in total. The predicted molar refractivity (Wildman–Crippen MR) is 107 cm³/mol. The number of pyridine rings is 1. The normalized spacial score (nSPS) is 16.6. The standard InChI is InChI=1S/C21H23F2N5O3/c1-11(14-8-15(12-2-3-12)20(25-9-14)31-10-17(22)23)26-19(30)16-6-7-24-21(27-16)28-18(29)13-4-5-13/h6-9,11-13,17H,2-5,10H2,1H3,(H,26,30)(H,24,27,28,29).